The second-order valence-corrected chi connectivity index (χ2v) is 12.8. The van der Waals surface area contributed by atoms with E-state index in [0.29, 0.717) is 63.3 Å². The number of anilines is 5. The van der Waals surface area contributed by atoms with Crippen LogP contribution in [0.25, 0.3) is 0 Å². The van der Waals surface area contributed by atoms with Gasteiger partial charge in [-0.15, -0.1) is 0 Å². The maximum Gasteiger partial charge on any atom is 0.249 e. The highest BCUT2D eigenvalue weighted by Crippen LogP contribution is 2.40. The molecular formula is C33H46N8O4. The number of ether oxygens (including phenoxy) is 1. The van der Waals surface area contributed by atoms with E-state index in [9.17, 15) is 14.4 Å². The molecule has 0 spiro atoms. The van der Waals surface area contributed by atoms with Crippen molar-refractivity contribution in [1.82, 2.24) is 19.8 Å². The number of hydrogen-bond donors (Lipinski definition) is 1. The Balaban J connectivity index is 1.21. The zero-order chi connectivity index (χ0) is 31.7. The molecule has 1 aliphatic carbocycles. The predicted octanol–water partition coefficient (Wildman–Crippen LogP) is 3.42. The van der Waals surface area contributed by atoms with Crippen LogP contribution >= 0.6 is 0 Å². The van der Waals surface area contributed by atoms with Gasteiger partial charge in [-0.3, -0.25) is 19.3 Å². The third kappa shape index (κ3) is 6.29. The molecule has 0 bridgehead atoms. The minimum absolute atomic E-state index is 0.0491. The molecule has 1 atom stereocenters. The molecule has 2 aromatic rings. The van der Waals surface area contributed by atoms with E-state index in [4.69, 9.17) is 9.72 Å². The molecule has 1 aromatic carbocycles. The van der Waals surface area contributed by atoms with E-state index in [1.165, 1.54) is 32.1 Å². The van der Waals surface area contributed by atoms with Gasteiger partial charge >= 0.3 is 0 Å². The number of benzene rings is 1. The van der Waals surface area contributed by atoms with Crippen LogP contribution in [0.2, 0.25) is 0 Å². The van der Waals surface area contributed by atoms with Crippen molar-refractivity contribution < 1.29 is 19.1 Å². The van der Waals surface area contributed by atoms with Crippen LogP contribution in [0.1, 0.15) is 57.9 Å². The molecule has 0 radical (unpaired) electrons. The molecule has 1 saturated heterocycles. The van der Waals surface area contributed by atoms with Gasteiger partial charge in [0.15, 0.2) is 5.82 Å². The second-order valence-electron chi connectivity index (χ2n) is 12.8. The molecule has 2 fully saturated rings. The average Bonchev–Trinajstić information content (AvgIpc) is 3.47. The predicted molar refractivity (Wildman–Crippen MR) is 174 cm³/mol. The fourth-order valence-corrected chi connectivity index (χ4v) is 7.32. The highest BCUT2D eigenvalue weighted by molar-refractivity contribution is 6.04. The summed E-state index contributed by atoms with van der Waals surface area (Å²) in [6, 6.07) is 3.70. The van der Waals surface area contributed by atoms with E-state index in [0.717, 1.165) is 41.4 Å². The molecule has 12 nitrogen and oxygen atoms in total. The summed E-state index contributed by atoms with van der Waals surface area (Å²) in [5, 5.41) is 3.39. The van der Waals surface area contributed by atoms with Crippen molar-refractivity contribution in [2.24, 2.45) is 5.92 Å². The maximum absolute atomic E-state index is 13.4. The number of amides is 3. The first-order valence-corrected chi connectivity index (χ1v) is 16.4. The average molecular weight is 619 g/mol. The van der Waals surface area contributed by atoms with Gasteiger partial charge in [0.1, 0.15) is 17.5 Å². The Kier molecular flexibility index (Phi) is 9.11. The van der Waals surface area contributed by atoms with E-state index >= 15 is 0 Å². The SMILES string of the molecule is CC[C@@H]1C(=O)N(C)c2cnc(Nc3cc4c(cc3OC)N(C(=O)CN3CCN(C(C)=O)CC3)CC4)nc2N1CC1CCCCC1. The van der Waals surface area contributed by atoms with E-state index in [-0.39, 0.29) is 23.8 Å². The number of rotatable bonds is 8. The highest BCUT2D eigenvalue weighted by Gasteiger charge is 2.38. The summed E-state index contributed by atoms with van der Waals surface area (Å²) in [7, 11) is 3.43. The summed E-state index contributed by atoms with van der Waals surface area (Å²) in [4.78, 5) is 57.6. The quantitative estimate of drug-likeness (QED) is 0.475. The molecule has 3 aliphatic heterocycles. The molecule has 1 saturated carbocycles. The molecule has 1 aromatic heterocycles. The van der Waals surface area contributed by atoms with E-state index in [1.807, 2.05) is 21.9 Å². The summed E-state index contributed by atoms with van der Waals surface area (Å²) in [5.41, 5.74) is 3.38. The van der Waals surface area contributed by atoms with Crippen LogP contribution in [-0.4, -0.2) is 104 Å². The van der Waals surface area contributed by atoms with Gasteiger partial charge in [0.05, 0.1) is 31.2 Å². The zero-order valence-corrected chi connectivity index (χ0v) is 27.0. The molecule has 242 valence electrons. The van der Waals surface area contributed by atoms with Crippen LogP contribution in [0, 0.1) is 5.92 Å². The molecule has 4 heterocycles. The van der Waals surface area contributed by atoms with Crippen molar-refractivity contribution in [3.63, 3.8) is 0 Å². The smallest absolute Gasteiger partial charge is 0.249 e. The molecule has 3 amide bonds. The summed E-state index contributed by atoms with van der Waals surface area (Å²) in [6.07, 6.45) is 9.33. The van der Waals surface area contributed by atoms with Crippen LogP contribution in [0.5, 0.6) is 5.75 Å². The lowest BCUT2D eigenvalue weighted by Crippen LogP contribution is -2.53. The van der Waals surface area contributed by atoms with Crippen molar-refractivity contribution in [2.45, 2.75) is 64.8 Å². The third-order valence-electron chi connectivity index (χ3n) is 9.96. The van der Waals surface area contributed by atoms with Crippen LogP contribution in [-0.2, 0) is 20.8 Å². The molecule has 12 heteroatoms. The number of hydrogen-bond acceptors (Lipinski definition) is 9. The van der Waals surface area contributed by atoms with Gasteiger partial charge in [-0.25, -0.2) is 4.98 Å². The van der Waals surface area contributed by atoms with Gasteiger partial charge < -0.3 is 29.7 Å². The first-order valence-electron chi connectivity index (χ1n) is 16.4. The lowest BCUT2D eigenvalue weighted by atomic mass is 9.88. The molecule has 1 N–H and O–H groups in total. The lowest BCUT2D eigenvalue weighted by Gasteiger charge is -2.42. The molecular weight excluding hydrogens is 572 g/mol. The van der Waals surface area contributed by atoms with Gasteiger partial charge in [0.2, 0.25) is 23.7 Å². The van der Waals surface area contributed by atoms with Crippen molar-refractivity contribution in [1.29, 1.82) is 0 Å². The Morgan fingerprint density at radius 1 is 1.04 bits per heavy atom. The van der Waals surface area contributed by atoms with Gasteiger partial charge in [-0.05, 0) is 43.2 Å². The minimum Gasteiger partial charge on any atom is -0.494 e. The number of fused-ring (bicyclic) bond motifs is 2. The number of carbonyl (C=O) groups excluding carboxylic acids is 3. The summed E-state index contributed by atoms with van der Waals surface area (Å²) < 4.78 is 5.79. The summed E-state index contributed by atoms with van der Waals surface area (Å²) in [6.45, 7) is 8.09. The maximum atomic E-state index is 13.4. The summed E-state index contributed by atoms with van der Waals surface area (Å²) >= 11 is 0. The first kappa shape index (κ1) is 31.1. The zero-order valence-electron chi connectivity index (χ0n) is 27.0. The monoisotopic (exact) mass is 618 g/mol. The van der Waals surface area contributed by atoms with E-state index < -0.39 is 0 Å². The molecule has 6 rings (SSSR count). The van der Waals surface area contributed by atoms with Crippen molar-refractivity contribution in [2.75, 3.05) is 80.0 Å². The van der Waals surface area contributed by atoms with E-state index in [1.54, 1.807) is 32.2 Å². The Morgan fingerprint density at radius 2 is 1.80 bits per heavy atom. The molecule has 0 unspecified atom stereocenters. The van der Waals surface area contributed by atoms with Crippen LogP contribution in [0.15, 0.2) is 18.3 Å². The number of nitrogens with zero attached hydrogens (tertiary/aromatic N) is 7. The topological polar surface area (TPSA) is 114 Å². The fourth-order valence-electron chi connectivity index (χ4n) is 7.32. The van der Waals surface area contributed by atoms with Gasteiger partial charge in [-0.2, -0.15) is 4.98 Å². The highest BCUT2D eigenvalue weighted by atomic mass is 16.5. The number of carbonyl (C=O) groups is 3. The van der Waals surface area contributed by atoms with Crippen molar-refractivity contribution in [3.05, 3.63) is 23.9 Å². The largest absolute Gasteiger partial charge is 0.494 e. The number of methoxy groups -OCH3 is 1. The third-order valence-corrected chi connectivity index (χ3v) is 9.96. The number of likely N-dealkylation sites (N-methyl/N-ethyl adjacent to an activating group) is 1. The van der Waals surface area contributed by atoms with Gasteiger partial charge in [0, 0.05) is 59.3 Å². The van der Waals surface area contributed by atoms with Crippen LogP contribution < -0.4 is 24.8 Å². The second kappa shape index (κ2) is 13.2. The fraction of sp³-hybridized carbons (Fsp3) is 0.606. The number of nitrogens with one attached hydrogen (secondary N) is 1. The van der Waals surface area contributed by atoms with Crippen LogP contribution in [0.4, 0.5) is 28.8 Å². The van der Waals surface area contributed by atoms with E-state index in [2.05, 4.69) is 27.0 Å². The Labute approximate surface area is 265 Å². The van der Waals surface area contributed by atoms with Crippen LogP contribution in [0.3, 0.4) is 0 Å². The number of piperazine rings is 1. The Bertz CT molecular complexity index is 1440. The Hall–Kier alpha value is -3.93. The first-order chi connectivity index (χ1) is 21.8. The standard InChI is InChI=1S/C33H46N8O4/c1-5-26-32(44)37(3)28-19-34-33(36-31(28)41(26)20-23-9-7-6-8-10-23)35-25-17-24-11-12-40(27(24)18-29(25)45-4)30(43)21-38-13-15-39(16-14-38)22(2)42/h17-19,23,26H,5-16,20-21H2,1-4H3,(H,34,35,36)/t26-/m1/s1. The lowest BCUT2D eigenvalue weighted by molar-refractivity contribution is -0.130. The molecule has 4 aliphatic rings. The minimum atomic E-state index is -0.247. The van der Waals surface area contributed by atoms with Gasteiger partial charge in [0.25, 0.3) is 0 Å². The normalized spacial score (nSPS) is 20.7. The van der Waals surface area contributed by atoms with Crippen molar-refractivity contribution >= 4 is 46.5 Å². The van der Waals surface area contributed by atoms with Gasteiger partial charge in [-0.1, -0.05) is 26.2 Å². The summed E-state index contributed by atoms with van der Waals surface area (Å²) in [5.74, 6) is 2.59. The number of aromatic nitrogens is 2. The van der Waals surface area contributed by atoms with Crippen molar-refractivity contribution in [3.8, 4) is 5.75 Å². The molecule has 45 heavy (non-hydrogen) atoms. The Morgan fingerprint density at radius 3 is 2.49 bits per heavy atom.